The summed E-state index contributed by atoms with van der Waals surface area (Å²) in [5.74, 6) is -1.24. The van der Waals surface area contributed by atoms with E-state index in [1.165, 1.54) is 10.9 Å². The molecule has 1 aromatic carbocycles. The van der Waals surface area contributed by atoms with Crippen LogP contribution in [0.1, 0.15) is 5.56 Å². The second-order valence-corrected chi connectivity index (χ2v) is 4.08. The molecule has 102 valence electrons. The number of hydrogen-bond acceptors (Lipinski definition) is 2. The van der Waals surface area contributed by atoms with E-state index >= 15 is 0 Å². The number of nitrogens with zero attached hydrogens (tertiary/aromatic N) is 2. The molecule has 1 aromatic heterocycles. The Morgan fingerprint density at radius 2 is 2.05 bits per heavy atom. The fraction of sp³-hybridized carbons (Fsp3) is 0.182. The SMILES string of the molecule is Cn1cc(COc2cc([B-](F)(F)F)ccc2F)cn1. The monoisotopic (exact) mass is 273 g/mol. The normalized spacial score (nSPS) is 11.6. The fourth-order valence-corrected chi connectivity index (χ4v) is 1.54. The Balaban J connectivity index is 2.15. The van der Waals surface area contributed by atoms with Gasteiger partial charge in [-0.05, 0) is 12.1 Å². The Labute approximate surface area is 106 Å². The fourth-order valence-electron chi connectivity index (χ4n) is 1.54. The number of aromatic nitrogens is 2. The molecule has 0 N–H and O–H groups in total. The van der Waals surface area contributed by atoms with Crippen LogP contribution in [0.3, 0.4) is 0 Å². The van der Waals surface area contributed by atoms with Gasteiger partial charge in [0, 0.05) is 18.8 Å². The van der Waals surface area contributed by atoms with Crippen LogP contribution in [0.25, 0.3) is 0 Å². The molecular formula is C11H10BF4N2O-. The third kappa shape index (κ3) is 3.27. The molecule has 1 heterocycles. The van der Waals surface area contributed by atoms with Crippen LogP contribution in [0.5, 0.6) is 5.75 Å². The van der Waals surface area contributed by atoms with Gasteiger partial charge in [0.15, 0.2) is 11.6 Å². The maximum Gasteiger partial charge on any atom is 0.509 e. The van der Waals surface area contributed by atoms with Crippen molar-refractivity contribution >= 4 is 12.4 Å². The Bertz CT molecular complexity index is 582. The first-order chi connectivity index (χ1) is 8.86. The van der Waals surface area contributed by atoms with E-state index in [0.717, 1.165) is 6.07 Å². The van der Waals surface area contributed by atoms with E-state index in [-0.39, 0.29) is 6.61 Å². The van der Waals surface area contributed by atoms with E-state index in [1.54, 1.807) is 13.2 Å². The summed E-state index contributed by atoms with van der Waals surface area (Å²) in [4.78, 5) is 0. The lowest BCUT2D eigenvalue weighted by Crippen LogP contribution is -2.34. The molecule has 0 atom stereocenters. The maximum absolute atomic E-state index is 13.4. The van der Waals surface area contributed by atoms with Crippen molar-refractivity contribution in [1.29, 1.82) is 0 Å². The molecule has 0 amide bonds. The first-order valence-electron chi connectivity index (χ1n) is 5.46. The average Bonchev–Trinajstić information content (AvgIpc) is 2.72. The standard InChI is InChI=1S/C11H10BF4N2O/c1-18-6-8(5-17-18)7-19-11-4-9(12(14,15)16)2-3-10(11)13/h2-6H,7H2,1H3/q-1. The lowest BCUT2D eigenvalue weighted by Gasteiger charge is -2.16. The predicted molar refractivity (Wildman–Crippen MR) is 62.7 cm³/mol. The zero-order valence-electron chi connectivity index (χ0n) is 9.99. The molecule has 0 aliphatic heterocycles. The molecular weight excluding hydrogens is 263 g/mol. The van der Waals surface area contributed by atoms with Crippen molar-refractivity contribution in [1.82, 2.24) is 9.78 Å². The highest BCUT2D eigenvalue weighted by Gasteiger charge is 2.26. The molecule has 0 saturated heterocycles. The van der Waals surface area contributed by atoms with E-state index in [0.29, 0.717) is 17.7 Å². The third-order valence-electron chi connectivity index (χ3n) is 2.49. The van der Waals surface area contributed by atoms with Gasteiger partial charge in [0.05, 0.1) is 6.20 Å². The average molecular weight is 273 g/mol. The minimum atomic E-state index is -5.17. The molecule has 0 bridgehead atoms. The molecule has 0 aliphatic carbocycles. The molecule has 2 rings (SSSR count). The summed E-state index contributed by atoms with van der Waals surface area (Å²) in [5.41, 5.74) is -0.243. The largest absolute Gasteiger partial charge is 0.509 e. The van der Waals surface area contributed by atoms with Gasteiger partial charge in [-0.1, -0.05) is 6.07 Å². The van der Waals surface area contributed by atoms with Crippen molar-refractivity contribution in [3.8, 4) is 5.75 Å². The van der Waals surface area contributed by atoms with E-state index in [2.05, 4.69) is 5.10 Å². The highest BCUT2D eigenvalue weighted by Crippen LogP contribution is 2.19. The summed E-state index contributed by atoms with van der Waals surface area (Å²) in [5, 5.41) is 3.87. The zero-order chi connectivity index (χ0) is 14.0. The second kappa shape index (κ2) is 4.95. The minimum absolute atomic E-state index is 0.0426. The van der Waals surface area contributed by atoms with Gasteiger partial charge in [-0.3, -0.25) is 4.68 Å². The van der Waals surface area contributed by atoms with Crippen molar-refractivity contribution in [2.24, 2.45) is 7.05 Å². The lowest BCUT2D eigenvalue weighted by molar-refractivity contribution is 0.290. The highest BCUT2D eigenvalue weighted by atomic mass is 19.4. The van der Waals surface area contributed by atoms with Crippen LogP contribution < -0.4 is 10.2 Å². The summed E-state index contributed by atoms with van der Waals surface area (Å²) < 4.78 is 57.5. The number of aryl methyl sites for hydroxylation is 1. The van der Waals surface area contributed by atoms with Crippen LogP contribution in [0.4, 0.5) is 17.3 Å². The highest BCUT2D eigenvalue weighted by molar-refractivity contribution is 6.73. The van der Waals surface area contributed by atoms with E-state index in [9.17, 15) is 17.3 Å². The predicted octanol–water partition coefficient (Wildman–Crippen LogP) is 2.19. The van der Waals surface area contributed by atoms with Gasteiger partial charge in [0.2, 0.25) is 0 Å². The minimum Gasteiger partial charge on any atom is -0.486 e. The molecule has 0 radical (unpaired) electrons. The lowest BCUT2D eigenvalue weighted by atomic mass is 9.80. The molecule has 0 unspecified atom stereocenters. The first kappa shape index (κ1) is 13.4. The van der Waals surface area contributed by atoms with Crippen LogP contribution >= 0.6 is 0 Å². The molecule has 0 spiro atoms. The van der Waals surface area contributed by atoms with Crippen molar-refractivity contribution in [3.63, 3.8) is 0 Å². The van der Waals surface area contributed by atoms with Crippen LogP contribution in [0.2, 0.25) is 0 Å². The van der Waals surface area contributed by atoms with Crippen LogP contribution in [-0.4, -0.2) is 16.8 Å². The van der Waals surface area contributed by atoms with Crippen LogP contribution in [0, 0.1) is 5.82 Å². The molecule has 19 heavy (non-hydrogen) atoms. The first-order valence-corrected chi connectivity index (χ1v) is 5.46. The third-order valence-corrected chi connectivity index (χ3v) is 2.49. The van der Waals surface area contributed by atoms with Crippen molar-refractivity contribution in [3.05, 3.63) is 42.0 Å². The quantitative estimate of drug-likeness (QED) is 0.630. The number of benzene rings is 1. The molecule has 0 fully saturated rings. The molecule has 8 heteroatoms. The van der Waals surface area contributed by atoms with Gasteiger partial charge in [-0.2, -0.15) is 5.10 Å². The van der Waals surface area contributed by atoms with Crippen molar-refractivity contribution in [2.75, 3.05) is 0 Å². The number of rotatable bonds is 4. The van der Waals surface area contributed by atoms with Gasteiger partial charge < -0.3 is 17.7 Å². The number of ether oxygens (including phenoxy) is 1. The van der Waals surface area contributed by atoms with Crippen LogP contribution in [-0.2, 0) is 13.7 Å². The zero-order valence-corrected chi connectivity index (χ0v) is 9.99. The van der Waals surface area contributed by atoms with Gasteiger partial charge in [0.25, 0.3) is 0 Å². The number of halogens is 4. The van der Waals surface area contributed by atoms with E-state index < -0.39 is 24.0 Å². The Morgan fingerprint density at radius 3 is 2.63 bits per heavy atom. The van der Waals surface area contributed by atoms with Gasteiger partial charge in [-0.25, -0.2) is 4.39 Å². The summed E-state index contributed by atoms with van der Waals surface area (Å²) >= 11 is 0. The smallest absolute Gasteiger partial charge is 0.486 e. The second-order valence-electron chi connectivity index (χ2n) is 4.08. The molecule has 2 aromatic rings. The molecule has 0 aliphatic rings. The Hall–Kier alpha value is -1.99. The summed E-state index contributed by atoms with van der Waals surface area (Å²) in [6.07, 6.45) is 3.13. The summed E-state index contributed by atoms with van der Waals surface area (Å²) in [6, 6.07) is 2.13. The Kier molecular flexibility index (Phi) is 3.50. The van der Waals surface area contributed by atoms with Crippen molar-refractivity contribution in [2.45, 2.75) is 6.61 Å². The molecule has 3 nitrogen and oxygen atoms in total. The Morgan fingerprint density at radius 1 is 1.32 bits per heavy atom. The maximum atomic E-state index is 13.4. The van der Waals surface area contributed by atoms with Gasteiger partial charge in [0.1, 0.15) is 6.61 Å². The molecule has 0 saturated carbocycles. The topological polar surface area (TPSA) is 27.1 Å². The summed E-state index contributed by atoms with van der Waals surface area (Å²) in [6.45, 7) is -5.21. The van der Waals surface area contributed by atoms with Gasteiger partial charge in [-0.15, -0.1) is 5.46 Å². The van der Waals surface area contributed by atoms with Gasteiger partial charge >= 0.3 is 6.98 Å². The van der Waals surface area contributed by atoms with E-state index in [4.69, 9.17) is 4.74 Å². The van der Waals surface area contributed by atoms with Crippen LogP contribution in [0.15, 0.2) is 30.6 Å². The number of hydrogen-bond donors (Lipinski definition) is 0. The van der Waals surface area contributed by atoms with E-state index in [1.807, 2.05) is 0 Å². The van der Waals surface area contributed by atoms with Crippen molar-refractivity contribution < 1.29 is 22.1 Å². The summed E-state index contributed by atoms with van der Waals surface area (Å²) in [7, 11) is 1.69.